The van der Waals surface area contributed by atoms with E-state index in [0.29, 0.717) is 30.1 Å². The molecule has 0 saturated heterocycles. The highest BCUT2D eigenvalue weighted by Crippen LogP contribution is 2.15. The first-order chi connectivity index (χ1) is 9.95. The smallest absolute Gasteiger partial charge is 0.243 e. The van der Waals surface area contributed by atoms with Gasteiger partial charge in [0.1, 0.15) is 0 Å². The molecule has 5 N–H and O–H groups in total. The molecule has 1 aromatic rings. The van der Waals surface area contributed by atoms with Gasteiger partial charge in [-0.15, -0.1) is 0 Å². The molecule has 0 aliphatic carbocycles. The molecule has 1 heterocycles. The molecular formula is C12H25N7OS. The summed E-state index contributed by atoms with van der Waals surface area (Å²) in [6.45, 7) is 7.74. The van der Waals surface area contributed by atoms with Gasteiger partial charge in [-0.25, -0.2) is 5.84 Å². The first-order valence-electron chi connectivity index (χ1n) is 6.88. The Hall–Kier alpha value is -1.32. The molecule has 0 amide bonds. The molecule has 0 aliphatic heterocycles. The standard InChI is InChI=1S/C12H25N7OS/c1-5-19(6-2)11-16-9(15-10(17-11)18-13)14-7-12(3,20)8-21-4/h20H,5-8,13H2,1-4H3,(H2,14,15,16,17,18). The predicted molar refractivity (Wildman–Crippen MR) is 88.7 cm³/mol. The molecule has 8 nitrogen and oxygen atoms in total. The van der Waals surface area contributed by atoms with Crippen molar-refractivity contribution in [2.24, 2.45) is 5.84 Å². The van der Waals surface area contributed by atoms with E-state index in [1.807, 2.05) is 25.0 Å². The van der Waals surface area contributed by atoms with Crippen LogP contribution in [0.5, 0.6) is 0 Å². The van der Waals surface area contributed by atoms with E-state index in [1.54, 1.807) is 18.7 Å². The van der Waals surface area contributed by atoms with Gasteiger partial charge in [-0.05, 0) is 27.0 Å². The SMILES string of the molecule is CCN(CC)c1nc(NN)nc(NCC(C)(O)CSC)n1. The Bertz CT molecular complexity index is 440. The van der Waals surface area contributed by atoms with Crippen LogP contribution in [0.4, 0.5) is 17.8 Å². The third kappa shape index (κ3) is 5.52. The topological polar surface area (TPSA) is 112 Å². The minimum absolute atomic E-state index is 0.291. The number of aliphatic hydroxyl groups is 1. The van der Waals surface area contributed by atoms with Crippen LogP contribution in [-0.2, 0) is 0 Å². The van der Waals surface area contributed by atoms with Crippen molar-refractivity contribution in [1.82, 2.24) is 15.0 Å². The number of hydrazine groups is 1. The van der Waals surface area contributed by atoms with Crippen molar-refractivity contribution in [3.8, 4) is 0 Å². The van der Waals surface area contributed by atoms with Crippen LogP contribution < -0.4 is 21.5 Å². The Morgan fingerprint density at radius 1 is 1.24 bits per heavy atom. The van der Waals surface area contributed by atoms with E-state index in [1.165, 1.54) is 0 Å². The number of nitrogens with one attached hydrogen (secondary N) is 2. The highest BCUT2D eigenvalue weighted by molar-refractivity contribution is 7.98. The van der Waals surface area contributed by atoms with Gasteiger partial charge in [-0.2, -0.15) is 26.7 Å². The van der Waals surface area contributed by atoms with E-state index < -0.39 is 5.60 Å². The number of thioether (sulfide) groups is 1. The Morgan fingerprint density at radius 2 is 1.86 bits per heavy atom. The monoisotopic (exact) mass is 315 g/mol. The van der Waals surface area contributed by atoms with Gasteiger partial charge < -0.3 is 15.3 Å². The number of nitrogen functional groups attached to an aromatic ring is 1. The van der Waals surface area contributed by atoms with Crippen LogP contribution in [0.2, 0.25) is 0 Å². The van der Waals surface area contributed by atoms with Crippen LogP contribution >= 0.6 is 11.8 Å². The Kier molecular flexibility index (Phi) is 6.93. The Labute approximate surface area is 129 Å². The molecule has 1 aromatic heterocycles. The lowest BCUT2D eigenvalue weighted by Crippen LogP contribution is -2.36. The fourth-order valence-electron chi connectivity index (χ4n) is 1.79. The molecule has 21 heavy (non-hydrogen) atoms. The molecule has 1 rings (SSSR count). The molecule has 0 bridgehead atoms. The lowest BCUT2D eigenvalue weighted by atomic mass is 10.1. The zero-order valence-corrected chi connectivity index (χ0v) is 13.9. The van der Waals surface area contributed by atoms with E-state index in [2.05, 4.69) is 25.7 Å². The lowest BCUT2D eigenvalue weighted by Gasteiger charge is -2.23. The van der Waals surface area contributed by atoms with Crippen LogP contribution in [-0.4, -0.2) is 57.3 Å². The van der Waals surface area contributed by atoms with Crippen molar-refractivity contribution in [1.29, 1.82) is 0 Å². The molecular weight excluding hydrogens is 290 g/mol. The maximum Gasteiger partial charge on any atom is 0.243 e. The van der Waals surface area contributed by atoms with E-state index in [0.717, 1.165) is 13.1 Å². The second kappa shape index (κ2) is 8.20. The molecule has 0 spiro atoms. The van der Waals surface area contributed by atoms with E-state index in [4.69, 9.17) is 5.84 Å². The zero-order valence-electron chi connectivity index (χ0n) is 13.1. The number of nitrogens with zero attached hydrogens (tertiary/aromatic N) is 4. The summed E-state index contributed by atoms with van der Waals surface area (Å²) in [4.78, 5) is 14.7. The summed E-state index contributed by atoms with van der Waals surface area (Å²) in [5.74, 6) is 7.25. The van der Waals surface area contributed by atoms with E-state index in [9.17, 15) is 5.11 Å². The number of hydrogen-bond acceptors (Lipinski definition) is 9. The fourth-order valence-corrected chi connectivity index (χ4v) is 2.51. The molecule has 1 atom stereocenters. The zero-order chi connectivity index (χ0) is 15.9. The van der Waals surface area contributed by atoms with Crippen molar-refractivity contribution >= 4 is 29.6 Å². The van der Waals surface area contributed by atoms with Crippen LogP contribution in [0.1, 0.15) is 20.8 Å². The maximum atomic E-state index is 10.2. The van der Waals surface area contributed by atoms with Crippen molar-refractivity contribution < 1.29 is 5.11 Å². The van der Waals surface area contributed by atoms with Crippen LogP contribution in [0, 0.1) is 0 Å². The minimum atomic E-state index is -0.836. The van der Waals surface area contributed by atoms with E-state index >= 15 is 0 Å². The highest BCUT2D eigenvalue weighted by Gasteiger charge is 2.20. The van der Waals surface area contributed by atoms with Gasteiger partial charge in [-0.1, -0.05) is 0 Å². The number of hydrogen-bond donors (Lipinski definition) is 4. The molecule has 0 radical (unpaired) electrons. The van der Waals surface area contributed by atoms with Gasteiger partial charge >= 0.3 is 0 Å². The van der Waals surface area contributed by atoms with Gasteiger partial charge in [0.2, 0.25) is 17.8 Å². The molecule has 1 unspecified atom stereocenters. The summed E-state index contributed by atoms with van der Waals surface area (Å²) >= 11 is 1.58. The van der Waals surface area contributed by atoms with Gasteiger partial charge in [-0.3, -0.25) is 5.43 Å². The third-order valence-corrected chi connectivity index (χ3v) is 3.79. The summed E-state index contributed by atoms with van der Waals surface area (Å²) in [5.41, 5.74) is 1.60. The third-order valence-electron chi connectivity index (χ3n) is 2.88. The van der Waals surface area contributed by atoms with Gasteiger partial charge in [0, 0.05) is 25.4 Å². The molecule has 0 aliphatic rings. The molecule has 120 valence electrons. The summed E-state index contributed by atoms with van der Waals surface area (Å²) in [6.07, 6.45) is 1.95. The minimum Gasteiger partial charge on any atom is -0.387 e. The normalized spacial score (nSPS) is 13.6. The van der Waals surface area contributed by atoms with Crippen molar-refractivity contribution in [3.63, 3.8) is 0 Å². The Morgan fingerprint density at radius 3 is 2.38 bits per heavy atom. The second-order valence-electron chi connectivity index (χ2n) is 4.88. The van der Waals surface area contributed by atoms with Crippen LogP contribution in [0.3, 0.4) is 0 Å². The van der Waals surface area contributed by atoms with Gasteiger partial charge in [0.25, 0.3) is 0 Å². The first-order valence-corrected chi connectivity index (χ1v) is 8.28. The molecule has 9 heteroatoms. The number of rotatable bonds is 9. The fraction of sp³-hybridized carbons (Fsp3) is 0.750. The number of aromatic nitrogens is 3. The molecule has 0 fully saturated rings. The number of anilines is 3. The van der Waals surface area contributed by atoms with Crippen molar-refractivity contribution in [2.45, 2.75) is 26.4 Å². The maximum absolute atomic E-state index is 10.2. The summed E-state index contributed by atoms with van der Waals surface area (Å²) in [5, 5.41) is 13.2. The largest absolute Gasteiger partial charge is 0.387 e. The Balaban J connectivity index is 2.89. The van der Waals surface area contributed by atoms with Crippen LogP contribution in [0.15, 0.2) is 0 Å². The second-order valence-corrected chi connectivity index (χ2v) is 5.75. The quantitative estimate of drug-likeness (QED) is 0.383. The van der Waals surface area contributed by atoms with E-state index in [-0.39, 0.29) is 0 Å². The summed E-state index contributed by atoms with van der Waals surface area (Å²) in [6, 6.07) is 0. The first kappa shape index (κ1) is 17.7. The molecule has 0 saturated carbocycles. The highest BCUT2D eigenvalue weighted by atomic mass is 32.2. The average Bonchev–Trinajstić information content (AvgIpc) is 2.46. The average molecular weight is 315 g/mol. The number of nitrogens with two attached hydrogens (primary N) is 1. The lowest BCUT2D eigenvalue weighted by molar-refractivity contribution is 0.0995. The predicted octanol–water partition coefficient (Wildman–Crippen LogP) is 0.529. The molecule has 0 aromatic carbocycles. The van der Waals surface area contributed by atoms with Crippen LogP contribution in [0.25, 0.3) is 0 Å². The van der Waals surface area contributed by atoms with Crippen molar-refractivity contribution in [3.05, 3.63) is 0 Å². The summed E-state index contributed by atoms with van der Waals surface area (Å²) in [7, 11) is 0. The van der Waals surface area contributed by atoms with Gasteiger partial charge in [0.15, 0.2) is 0 Å². The van der Waals surface area contributed by atoms with Gasteiger partial charge in [0.05, 0.1) is 5.60 Å². The van der Waals surface area contributed by atoms with Crippen molar-refractivity contribution in [2.75, 3.05) is 47.3 Å². The summed E-state index contributed by atoms with van der Waals surface area (Å²) < 4.78 is 0.